The van der Waals surface area contributed by atoms with Crippen molar-refractivity contribution >= 4 is 45.1 Å². The fourth-order valence-corrected chi connectivity index (χ4v) is 5.40. The molecule has 0 atom stereocenters. The van der Waals surface area contributed by atoms with Crippen LogP contribution < -0.4 is 9.62 Å². The first-order valence-corrected chi connectivity index (χ1v) is 11.5. The van der Waals surface area contributed by atoms with E-state index in [9.17, 15) is 28.2 Å². The summed E-state index contributed by atoms with van der Waals surface area (Å²) in [6.45, 7) is 2.81. The molecule has 1 aliphatic heterocycles. The second-order valence-corrected chi connectivity index (χ2v) is 9.56. The number of anilines is 2. The van der Waals surface area contributed by atoms with Gasteiger partial charge in [0.15, 0.2) is 0 Å². The quantitative estimate of drug-likeness (QED) is 0.519. The van der Waals surface area contributed by atoms with Crippen molar-refractivity contribution < 1.29 is 33.3 Å². The molecule has 0 radical (unpaired) electrons. The molecule has 1 fully saturated rings. The molecule has 9 nitrogen and oxygen atoms in total. The highest BCUT2D eigenvalue weighted by Gasteiger charge is 2.24. The van der Waals surface area contributed by atoms with Crippen molar-refractivity contribution in [2.45, 2.75) is 11.8 Å². The molecule has 1 aliphatic rings. The highest BCUT2D eigenvalue weighted by molar-refractivity contribution is 7.99. The Balaban J connectivity index is 1.97. The van der Waals surface area contributed by atoms with E-state index < -0.39 is 33.3 Å². The van der Waals surface area contributed by atoms with Crippen LogP contribution in [0.1, 0.15) is 26.3 Å². The number of benzene rings is 2. The van der Waals surface area contributed by atoms with E-state index in [1.807, 2.05) is 4.90 Å². The number of nitrogens with one attached hydrogen (secondary N) is 1. The Labute approximate surface area is 177 Å². The zero-order valence-corrected chi connectivity index (χ0v) is 17.6. The number of aryl methyl sites for hydroxylation is 1. The van der Waals surface area contributed by atoms with Gasteiger partial charge < -0.3 is 20.2 Å². The molecule has 0 aliphatic carbocycles. The van der Waals surface area contributed by atoms with Crippen LogP contribution in [-0.4, -0.2) is 60.3 Å². The third-order valence-electron chi connectivity index (χ3n) is 4.64. The van der Waals surface area contributed by atoms with E-state index in [0.717, 1.165) is 23.6 Å². The first-order valence-electron chi connectivity index (χ1n) is 8.90. The minimum absolute atomic E-state index is 0.0317. The molecule has 160 valence electrons. The van der Waals surface area contributed by atoms with Gasteiger partial charge >= 0.3 is 11.9 Å². The van der Waals surface area contributed by atoms with Crippen LogP contribution in [0.5, 0.6) is 5.75 Å². The largest absolute Gasteiger partial charge is 0.507 e. The van der Waals surface area contributed by atoms with E-state index in [2.05, 4.69) is 4.72 Å². The first-order chi connectivity index (χ1) is 14.1. The molecule has 1 heterocycles. The van der Waals surface area contributed by atoms with Gasteiger partial charge in [-0.3, -0.25) is 4.72 Å². The molecular weight excluding hydrogens is 432 g/mol. The maximum Gasteiger partial charge on any atom is 0.339 e. The van der Waals surface area contributed by atoms with Gasteiger partial charge in [0.25, 0.3) is 10.0 Å². The average Bonchev–Trinajstić information content (AvgIpc) is 2.67. The molecule has 1 saturated heterocycles. The summed E-state index contributed by atoms with van der Waals surface area (Å²) in [5.41, 5.74) is 0.110. The summed E-state index contributed by atoms with van der Waals surface area (Å²) in [6.07, 6.45) is 0. The van der Waals surface area contributed by atoms with Crippen LogP contribution in [0.25, 0.3) is 0 Å². The molecule has 0 bridgehead atoms. The number of hydrogen-bond donors (Lipinski definition) is 4. The van der Waals surface area contributed by atoms with Gasteiger partial charge in [-0.25, -0.2) is 18.0 Å². The molecule has 0 saturated carbocycles. The van der Waals surface area contributed by atoms with Crippen molar-refractivity contribution in [1.82, 2.24) is 0 Å². The van der Waals surface area contributed by atoms with Crippen LogP contribution in [0.3, 0.4) is 0 Å². The molecule has 0 unspecified atom stereocenters. The van der Waals surface area contributed by atoms with Crippen LogP contribution >= 0.6 is 11.8 Å². The topological polar surface area (TPSA) is 144 Å². The molecule has 2 aromatic carbocycles. The first kappa shape index (κ1) is 21.8. The smallest absolute Gasteiger partial charge is 0.339 e. The van der Waals surface area contributed by atoms with Crippen molar-refractivity contribution in [3.8, 4) is 5.75 Å². The molecule has 3 rings (SSSR count). The summed E-state index contributed by atoms with van der Waals surface area (Å²) in [7, 11) is -4.23. The van der Waals surface area contributed by atoms with Crippen LogP contribution in [0.2, 0.25) is 0 Å². The van der Waals surface area contributed by atoms with E-state index in [1.54, 1.807) is 17.8 Å². The second kappa shape index (κ2) is 8.44. The Morgan fingerprint density at radius 1 is 1.03 bits per heavy atom. The normalized spacial score (nSPS) is 14.4. The lowest BCUT2D eigenvalue weighted by molar-refractivity contribution is 0.0684. The van der Waals surface area contributed by atoms with Crippen LogP contribution in [-0.2, 0) is 10.0 Å². The van der Waals surface area contributed by atoms with Gasteiger partial charge in [-0.1, -0.05) is 0 Å². The van der Waals surface area contributed by atoms with E-state index >= 15 is 0 Å². The predicted molar refractivity (Wildman–Crippen MR) is 114 cm³/mol. The summed E-state index contributed by atoms with van der Waals surface area (Å²) >= 11 is 1.78. The summed E-state index contributed by atoms with van der Waals surface area (Å²) in [5.74, 6) is -1.45. The Morgan fingerprint density at radius 3 is 2.27 bits per heavy atom. The zero-order valence-electron chi connectivity index (χ0n) is 16.0. The molecule has 0 aromatic heterocycles. The monoisotopic (exact) mass is 452 g/mol. The van der Waals surface area contributed by atoms with Crippen LogP contribution in [0.4, 0.5) is 11.4 Å². The Bertz CT molecular complexity index is 1110. The standard InChI is InChI=1S/C19H20N2O7S2/c1-11-8-16(22)14(19(25)26)10-17(11)30(27,28)20-12-2-3-15(13(9-12)18(23)24)21-4-6-29-7-5-21/h2-3,8-10,20,22H,4-7H2,1H3,(H,23,24)(H,25,26). The summed E-state index contributed by atoms with van der Waals surface area (Å²) < 4.78 is 28.0. The van der Waals surface area contributed by atoms with Gasteiger partial charge in [0.05, 0.1) is 16.1 Å². The number of nitrogens with zero attached hydrogens (tertiary/aromatic N) is 1. The number of carbonyl (C=O) groups is 2. The minimum atomic E-state index is -4.23. The number of thioether (sulfide) groups is 1. The maximum atomic E-state index is 12.8. The lowest BCUT2D eigenvalue weighted by Gasteiger charge is -2.29. The third-order valence-corrected chi connectivity index (χ3v) is 7.11. The number of rotatable bonds is 6. The number of sulfonamides is 1. The number of carboxylic acid groups (broad SMARTS) is 2. The number of carboxylic acids is 2. The lowest BCUT2D eigenvalue weighted by atomic mass is 10.1. The molecule has 30 heavy (non-hydrogen) atoms. The molecule has 0 spiro atoms. The second-order valence-electron chi connectivity index (χ2n) is 6.68. The highest BCUT2D eigenvalue weighted by Crippen LogP contribution is 2.30. The van der Waals surface area contributed by atoms with Gasteiger partial charge in [-0.05, 0) is 42.8 Å². The van der Waals surface area contributed by atoms with Gasteiger partial charge in [0, 0.05) is 30.3 Å². The van der Waals surface area contributed by atoms with Crippen LogP contribution in [0.15, 0.2) is 35.2 Å². The fraction of sp³-hybridized carbons (Fsp3) is 0.263. The van der Waals surface area contributed by atoms with Crippen molar-refractivity contribution in [2.24, 2.45) is 0 Å². The van der Waals surface area contributed by atoms with Crippen LogP contribution in [0, 0.1) is 6.92 Å². The Hall–Kier alpha value is -2.92. The average molecular weight is 453 g/mol. The number of hydrogen-bond acceptors (Lipinski definition) is 7. The minimum Gasteiger partial charge on any atom is -0.507 e. The van der Waals surface area contributed by atoms with E-state index in [4.69, 9.17) is 5.11 Å². The molecule has 0 amide bonds. The third kappa shape index (κ3) is 4.46. The zero-order chi connectivity index (χ0) is 22.1. The molecular formula is C19H20N2O7S2. The van der Waals surface area contributed by atoms with E-state index in [0.29, 0.717) is 18.8 Å². The fourth-order valence-electron chi connectivity index (χ4n) is 3.19. The van der Waals surface area contributed by atoms with Crippen molar-refractivity contribution in [1.29, 1.82) is 0 Å². The summed E-state index contributed by atoms with van der Waals surface area (Å²) in [5, 5.41) is 28.5. The molecule has 2 aromatic rings. The Morgan fingerprint density at radius 2 is 1.67 bits per heavy atom. The van der Waals surface area contributed by atoms with E-state index in [-0.39, 0.29) is 21.7 Å². The molecule has 11 heteroatoms. The lowest BCUT2D eigenvalue weighted by Crippen LogP contribution is -2.33. The number of aromatic hydroxyl groups is 1. The number of phenols is 1. The van der Waals surface area contributed by atoms with Crippen molar-refractivity contribution in [3.05, 3.63) is 47.0 Å². The van der Waals surface area contributed by atoms with Gasteiger partial charge in [0.2, 0.25) is 0 Å². The Kier molecular flexibility index (Phi) is 6.13. The van der Waals surface area contributed by atoms with Crippen molar-refractivity contribution in [3.63, 3.8) is 0 Å². The van der Waals surface area contributed by atoms with Gasteiger partial charge in [-0.2, -0.15) is 11.8 Å². The summed E-state index contributed by atoms with van der Waals surface area (Å²) in [6, 6.07) is 6.19. The van der Waals surface area contributed by atoms with Crippen molar-refractivity contribution in [2.75, 3.05) is 34.2 Å². The highest BCUT2D eigenvalue weighted by atomic mass is 32.2. The maximum absolute atomic E-state index is 12.8. The van der Waals surface area contributed by atoms with Gasteiger partial charge in [-0.15, -0.1) is 0 Å². The predicted octanol–water partition coefficient (Wildman–Crippen LogP) is 2.45. The number of aromatic carboxylic acids is 2. The van der Waals surface area contributed by atoms with E-state index in [1.165, 1.54) is 19.1 Å². The SMILES string of the molecule is Cc1cc(O)c(C(=O)O)cc1S(=O)(=O)Nc1ccc(N2CCSCC2)c(C(=O)O)c1. The summed E-state index contributed by atoms with van der Waals surface area (Å²) in [4.78, 5) is 24.6. The molecule has 4 N–H and O–H groups in total. The van der Waals surface area contributed by atoms with Gasteiger partial charge in [0.1, 0.15) is 11.3 Å².